The predicted molar refractivity (Wildman–Crippen MR) is 69.0 cm³/mol. The molecule has 2 rings (SSSR count). The summed E-state index contributed by atoms with van der Waals surface area (Å²) in [4.78, 5) is 14.8. The van der Waals surface area contributed by atoms with Gasteiger partial charge in [-0.25, -0.2) is 0 Å². The van der Waals surface area contributed by atoms with Gasteiger partial charge in [-0.05, 0) is 18.6 Å². The highest BCUT2D eigenvalue weighted by Gasteiger charge is 2.07. The minimum absolute atomic E-state index is 0.0443. The molecule has 0 saturated heterocycles. The summed E-state index contributed by atoms with van der Waals surface area (Å²) >= 11 is 3.32. The Kier molecular flexibility index (Phi) is 3.62. The van der Waals surface area contributed by atoms with Gasteiger partial charge in [0.05, 0.1) is 0 Å². The van der Waals surface area contributed by atoms with E-state index in [4.69, 9.17) is 0 Å². The Balaban J connectivity index is 2.11. The van der Waals surface area contributed by atoms with E-state index >= 15 is 0 Å². The molecule has 1 aromatic carbocycles. The Morgan fingerprint density at radius 3 is 2.94 bits per heavy atom. The van der Waals surface area contributed by atoms with Crippen molar-refractivity contribution in [2.75, 3.05) is 11.9 Å². The second kappa shape index (κ2) is 5.16. The van der Waals surface area contributed by atoms with E-state index in [0.29, 0.717) is 12.2 Å². The van der Waals surface area contributed by atoms with Crippen LogP contribution in [0.3, 0.4) is 0 Å². The number of halogens is 1. The van der Waals surface area contributed by atoms with Crippen LogP contribution in [0.2, 0.25) is 0 Å². The van der Waals surface area contributed by atoms with Crippen molar-refractivity contribution in [2.45, 2.75) is 6.42 Å². The SMILES string of the molecule is O=C(NCCCBr)c1cc2ccccc2[nH]1. The number of para-hydroxylation sites is 1. The van der Waals surface area contributed by atoms with Crippen molar-refractivity contribution in [3.05, 3.63) is 36.0 Å². The molecule has 2 N–H and O–H groups in total. The molecule has 1 heterocycles. The third kappa shape index (κ3) is 2.44. The highest BCUT2D eigenvalue weighted by atomic mass is 79.9. The van der Waals surface area contributed by atoms with Gasteiger partial charge in [-0.2, -0.15) is 0 Å². The second-order valence-electron chi connectivity index (χ2n) is 3.57. The summed E-state index contributed by atoms with van der Waals surface area (Å²) in [5.74, 6) is -0.0443. The van der Waals surface area contributed by atoms with Crippen LogP contribution in [0.1, 0.15) is 16.9 Å². The van der Waals surface area contributed by atoms with Gasteiger partial charge in [0.15, 0.2) is 0 Å². The third-order valence-electron chi connectivity index (χ3n) is 2.37. The Hall–Kier alpha value is -1.29. The summed E-state index contributed by atoms with van der Waals surface area (Å²) in [5.41, 5.74) is 1.61. The van der Waals surface area contributed by atoms with Crippen molar-refractivity contribution in [3.63, 3.8) is 0 Å². The second-order valence-corrected chi connectivity index (χ2v) is 4.36. The largest absolute Gasteiger partial charge is 0.351 e. The Labute approximate surface area is 102 Å². The Morgan fingerprint density at radius 1 is 1.38 bits per heavy atom. The summed E-state index contributed by atoms with van der Waals surface area (Å²) < 4.78 is 0. The fourth-order valence-electron chi connectivity index (χ4n) is 1.56. The van der Waals surface area contributed by atoms with Crippen LogP contribution >= 0.6 is 15.9 Å². The number of fused-ring (bicyclic) bond motifs is 1. The van der Waals surface area contributed by atoms with Crippen LogP contribution in [0.15, 0.2) is 30.3 Å². The molecular weight excluding hydrogens is 268 g/mol. The maximum Gasteiger partial charge on any atom is 0.267 e. The monoisotopic (exact) mass is 280 g/mol. The first-order valence-electron chi connectivity index (χ1n) is 5.23. The number of aromatic amines is 1. The van der Waals surface area contributed by atoms with Crippen molar-refractivity contribution in [2.24, 2.45) is 0 Å². The minimum Gasteiger partial charge on any atom is -0.351 e. The quantitative estimate of drug-likeness (QED) is 0.657. The van der Waals surface area contributed by atoms with Crippen LogP contribution < -0.4 is 5.32 Å². The van der Waals surface area contributed by atoms with Crippen LogP contribution in [0.25, 0.3) is 10.9 Å². The molecule has 0 aliphatic carbocycles. The molecule has 0 unspecified atom stereocenters. The molecule has 0 saturated carbocycles. The van der Waals surface area contributed by atoms with Crippen molar-refractivity contribution in [1.82, 2.24) is 10.3 Å². The molecule has 0 bridgehead atoms. The maximum absolute atomic E-state index is 11.7. The van der Waals surface area contributed by atoms with E-state index < -0.39 is 0 Å². The first-order valence-corrected chi connectivity index (χ1v) is 6.35. The molecule has 0 aliphatic heterocycles. The van der Waals surface area contributed by atoms with Gasteiger partial charge < -0.3 is 10.3 Å². The molecule has 16 heavy (non-hydrogen) atoms. The fourth-order valence-corrected chi connectivity index (χ4v) is 1.84. The van der Waals surface area contributed by atoms with Crippen LogP contribution in [0.4, 0.5) is 0 Å². The molecule has 0 aliphatic rings. The lowest BCUT2D eigenvalue weighted by Crippen LogP contribution is -2.24. The lowest BCUT2D eigenvalue weighted by molar-refractivity contribution is 0.0949. The molecule has 0 spiro atoms. The molecular formula is C12H13BrN2O. The molecule has 84 valence electrons. The van der Waals surface area contributed by atoms with Gasteiger partial charge in [0.25, 0.3) is 5.91 Å². The van der Waals surface area contributed by atoms with Crippen molar-refractivity contribution in [3.8, 4) is 0 Å². The smallest absolute Gasteiger partial charge is 0.267 e. The van der Waals surface area contributed by atoms with E-state index in [2.05, 4.69) is 26.2 Å². The van der Waals surface area contributed by atoms with E-state index in [1.807, 2.05) is 30.3 Å². The molecule has 0 radical (unpaired) electrons. The van der Waals surface area contributed by atoms with E-state index in [0.717, 1.165) is 22.7 Å². The first kappa shape index (κ1) is 11.2. The first-order chi connectivity index (χ1) is 7.81. The number of hydrogen-bond donors (Lipinski definition) is 2. The summed E-state index contributed by atoms with van der Waals surface area (Å²) in [6.07, 6.45) is 0.936. The number of alkyl halides is 1. The highest BCUT2D eigenvalue weighted by Crippen LogP contribution is 2.14. The summed E-state index contributed by atoms with van der Waals surface area (Å²) in [5, 5.41) is 4.83. The average Bonchev–Trinajstić information content (AvgIpc) is 2.73. The van der Waals surface area contributed by atoms with Gasteiger partial charge in [-0.15, -0.1) is 0 Å². The Bertz CT molecular complexity index is 459. The fraction of sp³-hybridized carbons (Fsp3) is 0.250. The van der Waals surface area contributed by atoms with Gasteiger partial charge in [-0.3, -0.25) is 4.79 Å². The van der Waals surface area contributed by atoms with E-state index in [1.54, 1.807) is 0 Å². The molecule has 0 atom stereocenters. The molecule has 2 aromatic rings. The van der Waals surface area contributed by atoms with Gasteiger partial charge in [0.1, 0.15) is 5.69 Å². The van der Waals surface area contributed by atoms with Crippen molar-refractivity contribution >= 4 is 32.7 Å². The number of carbonyl (C=O) groups excluding carboxylic acids is 1. The molecule has 0 fully saturated rings. The predicted octanol–water partition coefficient (Wildman–Crippen LogP) is 2.68. The number of hydrogen-bond acceptors (Lipinski definition) is 1. The van der Waals surface area contributed by atoms with Crippen LogP contribution in [-0.2, 0) is 0 Å². The molecule has 4 heteroatoms. The van der Waals surface area contributed by atoms with Crippen molar-refractivity contribution < 1.29 is 4.79 Å². The number of benzene rings is 1. The number of rotatable bonds is 4. The summed E-state index contributed by atoms with van der Waals surface area (Å²) in [6.45, 7) is 0.694. The van der Waals surface area contributed by atoms with Gasteiger partial charge >= 0.3 is 0 Å². The Morgan fingerprint density at radius 2 is 2.19 bits per heavy atom. The molecule has 1 aromatic heterocycles. The minimum atomic E-state index is -0.0443. The number of aromatic nitrogens is 1. The molecule has 1 amide bonds. The van der Waals surface area contributed by atoms with Gasteiger partial charge in [0.2, 0.25) is 0 Å². The van der Waals surface area contributed by atoms with E-state index in [1.165, 1.54) is 0 Å². The zero-order valence-corrected chi connectivity index (χ0v) is 10.4. The highest BCUT2D eigenvalue weighted by molar-refractivity contribution is 9.09. The topological polar surface area (TPSA) is 44.9 Å². The van der Waals surface area contributed by atoms with E-state index in [-0.39, 0.29) is 5.91 Å². The van der Waals surface area contributed by atoms with Crippen LogP contribution in [0, 0.1) is 0 Å². The van der Waals surface area contributed by atoms with Crippen LogP contribution in [-0.4, -0.2) is 22.8 Å². The van der Waals surface area contributed by atoms with Crippen molar-refractivity contribution in [1.29, 1.82) is 0 Å². The number of carbonyl (C=O) groups is 1. The van der Waals surface area contributed by atoms with E-state index in [9.17, 15) is 4.79 Å². The molecule has 3 nitrogen and oxygen atoms in total. The zero-order valence-electron chi connectivity index (χ0n) is 8.79. The zero-order chi connectivity index (χ0) is 11.4. The number of H-pyrrole nitrogens is 1. The average molecular weight is 281 g/mol. The normalized spacial score (nSPS) is 10.6. The third-order valence-corrected chi connectivity index (χ3v) is 2.93. The van der Waals surface area contributed by atoms with Gasteiger partial charge in [-0.1, -0.05) is 34.1 Å². The standard InChI is InChI=1S/C12H13BrN2O/c13-6-3-7-14-12(16)11-8-9-4-1-2-5-10(9)15-11/h1-2,4-5,8,15H,3,6-7H2,(H,14,16). The number of nitrogens with one attached hydrogen (secondary N) is 2. The summed E-state index contributed by atoms with van der Waals surface area (Å²) in [6, 6.07) is 9.73. The summed E-state index contributed by atoms with van der Waals surface area (Å²) in [7, 11) is 0. The maximum atomic E-state index is 11.7. The van der Waals surface area contributed by atoms with Crippen LogP contribution in [0.5, 0.6) is 0 Å². The number of amides is 1. The lowest BCUT2D eigenvalue weighted by Gasteiger charge is -2.00. The lowest BCUT2D eigenvalue weighted by atomic mass is 10.2. The van der Waals surface area contributed by atoms with Gasteiger partial charge in [0, 0.05) is 22.8 Å².